The Hall–Kier alpha value is -4.61. The molecule has 0 radical (unpaired) electrons. The predicted octanol–water partition coefficient (Wildman–Crippen LogP) is 3.79. The number of alkyl halides is 3. The number of ether oxygens (including phenoxy) is 1. The van der Waals surface area contributed by atoms with Gasteiger partial charge < -0.3 is 10.1 Å². The van der Waals surface area contributed by atoms with Gasteiger partial charge in [0.2, 0.25) is 0 Å². The number of nitrogens with one attached hydrogen (secondary N) is 3. The summed E-state index contributed by atoms with van der Waals surface area (Å²) in [7, 11) is 0. The number of benzene rings is 2. The zero-order valence-corrected chi connectivity index (χ0v) is 18.8. The van der Waals surface area contributed by atoms with Gasteiger partial charge in [0.1, 0.15) is 17.1 Å². The molecule has 1 atom stereocenters. The Morgan fingerprint density at radius 3 is 2.44 bits per heavy atom. The normalized spacial score (nSPS) is 17.5. The topological polar surface area (TPSA) is 113 Å². The molecule has 9 nitrogen and oxygen atoms in total. The maximum Gasteiger partial charge on any atom is 0.573 e. The summed E-state index contributed by atoms with van der Waals surface area (Å²) in [5, 5.41) is 2.64. The van der Waals surface area contributed by atoms with Crippen LogP contribution in [0.3, 0.4) is 0 Å². The Morgan fingerprint density at radius 2 is 1.78 bits per heavy atom. The molecule has 1 aromatic heterocycles. The number of nitrogens with zero attached hydrogens (tertiary/aromatic N) is 2. The number of anilines is 2. The summed E-state index contributed by atoms with van der Waals surface area (Å²) in [6.45, 7) is 1.54. The Labute approximate surface area is 203 Å². The highest BCUT2D eigenvalue weighted by atomic mass is 19.4. The molecule has 1 saturated heterocycles. The van der Waals surface area contributed by atoms with Crippen molar-refractivity contribution < 1.29 is 32.3 Å². The van der Waals surface area contributed by atoms with E-state index in [2.05, 4.69) is 25.9 Å². The highest BCUT2D eigenvalue weighted by molar-refractivity contribution is 6.23. The highest BCUT2D eigenvalue weighted by Gasteiger charge is 2.48. The van der Waals surface area contributed by atoms with E-state index < -0.39 is 29.6 Å². The van der Waals surface area contributed by atoms with E-state index in [1.165, 1.54) is 18.3 Å². The Bertz CT molecular complexity index is 1280. The van der Waals surface area contributed by atoms with Crippen LogP contribution in [0.1, 0.15) is 22.8 Å². The molecular weight excluding hydrogens is 479 g/mol. The summed E-state index contributed by atoms with van der Waals surface area (Å²) < 4.78 is 41.0. The van der Waals surface area contributed by atoms with E-state index in [0.717, 1.165) is 17.0 Å². The molecule has 0 aliphatic carbocycles. The van der Waals surface area contributed by atoms with Gasteiger partial charge in [-0.25, -0.2) is 14.7 Å². The van der Waals surface area contributed by atoms with Gasteiger partial charge in [-0.05, 0) is 61.0 Å². The fraction of sp³-hybridized carbons (Fsp3) is 0.167. The monoisotopic (exact) mass is 499 g/mol. The molecule has 1 unspecified atom stereocenters. The molecular formula is C24H20F3N5O4. The molecule has 2 heterocycles. The van der Waals surface area contributed by atoms with Crippen LogP contribution in [0.15, 0.2) is 72.9 Å². The fourth-order valence-electron chi connectivity index (χ4n) is 3.68. The van der Waals surface area contributed by atoms with Crippen molar-refractivity contribution in [2.24, 2.45) is 0 Å². The summed E-state index contributed by atoms with van der Waals surface area (Å²) in [5.41, 5.74) is 5.09. The lowest BCUT2D eigenvalue weighted by molar-refractivity contribution is -0.274. The molecule has 2 aromatic carbocycles. The van der Waals surface area contributed by atoms with Crippen molar-refractivity contribution in [1.82, 2.24) is 15.7 Å². The van der Waals surface area contributed by atoms with E-state index in [-0.39, 0.29) is 18.0 Å². The molecule has 0 spiro atoms. The smallest absolute Gasteiger partial charge is 0.406 e. The Kier molecular flexibility index (Phi) is 6.51. The Balaban J connectivity index is 1.44. The number of rotatable bonds is 7. The number of amides is 4. The average molecular weight is 499 g/mol. The molecule has 0 saturated carbocycles. The number of carbonyl (C=O) groups is 3. The van der Waals surface area contributed by atoms with E-state index in [4.69, 9.17) is 0 Å². The molecule has 1 aliphatic rings. The lowest BCUT2D eigenvalue weighted by Gasteiger charge is -2.22. The second-order valence-corrected chi connectivity index (χ2v) is 8.12. The van der Waals surface area contributed by atoms with E-state index in [9.17, 15) is 27.6 Å². The van der Waals surface area contributed by atoms with Crippen LogP contribution in [0.25, 0.3) is 0 Å². The second-order valence-electron chi connectivity index (χ2n) is 8.12. The minimum Gasteiger partial charge on any atom is -0.406 e. The van der Waals surface area contributed by atoms with Crippen LogP contribution in [0.4, 0.5) is 29.5 Å². The third-order valence-corrected chi connectivity index (χ3v) is 5.31. The van der Waals surface area contributed by atoms with Crippen LogP contribution in [0, 0.1) is 0 Å². The maximum atomic E-state index is 13.2. The van der Waals surface area contributed by atoms with Gasteiger partial charge in [-0.1, -0.05) is 18.2 Å². The van der Waals surface area contributed by atoms with Crippen molar-refractivity contribution >= 4 is 29.4 Å². The van der Waals surface area contributed by atoms with Gasteiger partial charge in [-0.15, -0.1) is 13.2 Å². The molecule has 4 amide bonds. The number of pyridine rings is 1. The Morgan fingerprint density at radius 1 is 1.08 bits per heavy atom. The first-order chi connectivity index (χ1) is 17.0. The molecule has 0 bridgehead atoms. The van der Waals surface area contributed by atoms with Gasteiger partial charge in [0.25, 0.3) is 11.8 Å². The molecule has 1 aliphatic heterocycles. The number of imide groups is 1. The first-order valence-electron chi connectivity index (χ1n) is 10.6. The average Bonchev–Trinajstić information content (AvgIpc) is 3.05. The highest BCUT2D eigenvalue weighted by Crippen LogP contribution is 2.30. The molecule has 3 N–H and O–H groups in total. The summed E-state index contributed by atoms with van der Waals surface area (Å²) in [4.78, 5) is 43.0. The van der Waals surface area contributed by atoms with Gasteiger partial charge in [-0.2, -0.15) is 0 Å². The molecule has 186 valence electrons. The van der Waals surface area contributed by atoms with Crippen molar-refractivity contribution in [1.29, 1.82) is 0 Å². The van der Waals surface area contributed by atoms with Crippen LogP contribution in [-0.4, -0.2) is 34.7 Å². The van der Waals surface area contributed by atoms with E-state index in [1.54, 1.807) is 49.4 Å². The number of hydrogen-bond acceptors (Lipinski definition) is 6. The lowest BCUT2D eigenvalue weighted by atomic mass is 9.93. The van der Waals surface area contributed by atoms with Crippen molar-refractivity contribution in [3.05, 3.63) is 84.1 Å². The SMILES string of the molecule is CC1(Cc2ccnc(NNC(=O)c3ccccc3)c2)NC(=O)N(c2ccc(OC(F)(F)F)cc2)C1=O. The standard InChI is InChI=1S/C24H20F3N5O4/c1-23(14-15-11-12-28-19(13-15)30-31-20(33)16-5-3-2-4-6-16)21(34)32(22(35)29-23)17-7-9-18(10-8-17)36-24(25,26)27/h2-13H,14H2,1H3,(H,28,30)(H,29,35)(H,31,33). The zero-order chi connectivity index (χ0) is 25.9. The molecule has 12 heteroatoms. The van der Waals surface area contributed by atoms with Gasteiger partial charge in [0.15, 0.2) is 0 Å². The first-order valence-corrected chi connectivity index (χ1v) is 10.6. The van der Waals surface area contributed by atoms with Crippen LogP contribution in [0.2, 0.25) is 0 Å². The third kappa shape index (κ3) is 5.54. The summed E-state index contributed by atoms with van der Waals surface area (Å²) in [6.07, 6.45) is -3.29. The fourth-order valence-corrected chi connectivity index (χ4v) is 3.68. The number of hydrazine groups is 1. The van der Waals surface area contributed by atoms with Crippen molar-refractivity contribution in [2.45, 2.75) is 25.2 Å². The van der Waals surface area contributed by atoms with Crippen molar-refractivity contribution in [3.63, 3.8) is 0 Å². The van der Waals surface area contributed by atoms with Crippen LogP contribution < -0.4 is 25.8 Å². The van der Waals surface area contributed by atoms with E-state index in [1.807, 2.05) is 0 Å². The molecule has 1 fully saturated rings. The minimum atomic E-state index is -4.86. The molecule has 4 rings (SSSR count). The van der Waals surface area contributed by atoms with Crippen LogP contribution in [0.5, 0.6) is 5.75 Å². The predicted molar refractivity (Wildman–Crippen MR) is 123 cm³/mol. The van der Waals surface area contributed by atoms with Gasteiger partial charge in [0.05, 0.1) is 5.69 Å². The third-order valence-electron chi connectivity index (χ3n) is 5.31. The van der Waals surface area contributed by atoms with E-state index in [0.29, 0.717) is 16.9 Å². The largest absolute Gasteiger partial charge is 0.573 e. The number of urea groups is 1. The second kappa shape index (κ2) is 9.56. The number of carbonyl (C=O) groups excluding carboxylic acids is 3. The van der Waals surface area contributed by atoms with Gasteiger partial charge in [-0.3, -0.25) is 20.4 Å². The number of halogens is 3. The van der Waals surface area contributed by atoms with Crippen molar-refractivity contribution in [2.75, 3.05) is 10.3 Å². The first kappa shape index (κ1) is 24.5. The van der Waals surface area contributed by atoms with Gasteiger partial charge >= 0.3 is 12.4 Å². The number of hydrogen-bond donors (Lipinski definition) is 3. The summed E-state index contributed by atoms with van der Waals surface area (Å²) in [6, 6.07) is 15.5. The van der Waals surface area contributed by atoms with Crippen LogP contribution >= 0.6 is 0 Å². The van der Waals surface area contributed by atoms with E-state index >= 15 is 0 Å². The lowest BCUT2D eigenvalue weighted by Crippen LogP contribution is -2.46. The van der Waals surface area contributed by atoms with Crippen LogP contribution in [-0.2, 0) is 11.2 Å². The summed E-state index contributed by atoms with van der Waals surface area (Å²) >= 11 is 0. The molecule has 3 aromatic rings. The maximum absolute atomic E-state index is 13.2. The van der Waals surface area contributed by atoms with Crippen molar-refractivity contribution in [3.8, 4) is 5.75 Å². The zero-order valence-electron chi connectivity index (χ0n) is 18.8. The quantitative estimate of drug-likeness (QED) is 0.337. The number of aromatic nitrogens is 1. The summed E-state index contributed by atoms with van der Waals surface area (Å²) in [5.74, 6) is -1.11. The minimum absolute atomic E-state index is 0.0904. The van der Waals surface area contributed by atoms with Gasteiger partial charge in [0, 0.05) is 18.2 Å². The molecule has 36 heavy (non-hydrogen) atoms.